The molecule has 7 fully saturated rings. The lowest BCUT2D eigenvalue weighted by atomic mass is 9.49. The second-order valence-electron chi connectivity index (χ2n) is 13.2. The van der Waals surface area contributed by atoms with Gasteiger partial charge in [0.25, 0.3) is 0 Å². The molecule has 7 rings (SSSR count). The third-order valence-corrected chi connectivity index (χ3v) is 11.1. The van der Waals surface area contributed by atoms with Crippen LogP contribution in [-0.4, -0.2) is 53.5 Å². The fraction of sp³-hybridized carbons (Fsp3) is 0.893. The Labute approximate surface area is 212 Å². The quantitative estimate of drug-likeness (QED) is 0.180. The standard InChI is InChI=1S/C28H41BrO5/c1-17(2)5-6-21-25(3,34-21)24-23(31-4)20(7-8-28(24)16-32-28)33-22(30)14-26-10-18-9-19(11-26)13-27(29,12-18)15-26/h5,18-21,23-24H,6-16H2,1-4H3/t18?,19?,20-,21-,23-,24-,25+,26?,27?,28+/m1/s1. The van der Waals surface area contributed by atoms with Gasteiger partial charge in [0.1, 0.15) is 23.4 Å². The van der Waals surface area contributed by atoms with E-state index < -0.39 is 0 Å². The molecule has 7 aliphatic rings. The van der Waals surface area contributed by atoms with E-state index in [0.29, 0.717) is 6.42 Å². The molecule has 0 N–H and O–H groups in total. The molecule has 0 aromatic heterocycles. The summed E-state index contributed by atoms with van der Waals surface area (Å²) in [5, 5.41) is 0. The normalized spacial score (nSPS) is 52.5. The van der Waals surface area contributed by atoms with Crippen molar-refractivity contribution < 1.29 is 23.7 Å². The molecule has 2 aliphatic heterocycles. The fourth-order valence-electron chi connectivity index (χ4n) is 9.13. The number of hydrogen-bond donors (Lipinski definition) is 0. The average molecular weight is 538 g/mol. The summed E-state index contributed by atoms with van der Waals surface area (Å²) in [4.78, 5) is 13.4. The molecule has 190 valence electrons. The van der Waals surface area contributed by atoms with Gasteiger partial charge in [-0.15, -0.1) is 0 Å². The third-order valence-electron chi connectivity index (χ3n) is 10.2. The molecule has 4 bridgehead atoms. The van der Waals surface area contributed by atoms with E-state index in [1.54, 1.807) is 7.11 Å². The first kappa shape index (κ1) is 23.9. The first-order chi connectivity index (χ1) is 16.1. The van der Waals surface area contributed by atoms with Gasteiger partial charge in [0.2, 0.25) is 0 Å². The van der Waals surface area contributed by atoms with Gasteiger partial charge in [0.05, 0.1) is 25.0 Å². The predicted molar refractivity (Wildman–Crippen MR) is 133 cm³/mol. The van der Waals surface area contributed by atoms with Crippen molar-refractivity contribution >= 4 is 21.9 Å². The van der Waals surface area contributed by atoms with Crippen LogP contribution in [0.15, 0.2) is 11.6 Å². The minimum Gasteiger partial charge on any atom is -0.460 e. The topological polar surface area (TPSA) is 60.6 Å². The predicted octanol–water partition coefficient (Wildman–Crippen LogP) is 5.73. The van der Waals surface area contributed by atoms with E-state index in [0.717, 1.165) is 44.1 Å². The Morgan fingerprint density at radius 2 is 1.88 bits per heavy atom. The van der Waals surface area contributed by atoms with Crippen molar-refractivity contribution in [3.63, 3.8) is 0 Å². The van der Waals surface area contributed by atoms with Gasteiger partial charge >= 0.3 is 5.97 Å². The molecule has 2 saturated heterocycles. The highest BCUT2D eigenvalue weighted by Gasteiger charge is 2.72. The van der Waals surface area contributed by atoms with Crippen molar-refractivity contribution in [1.82, 2.24) is 0 Å². The molecular weight excluding hydrogens is 496 g/mol. The molecule has 2 unspecified atom stereocenters. The van der Waals surface area contributed by atoms with Crippen LogP contribution >= 0.6 is 15.9 Å². The second-order valence-corrected chi connectivity index (χ2v) is 14.9. The number of esters is 1. The van der Waals surface area contributed by atoms with Crippen LogP contribution < -0.4 is 0 Å². The number of allylic oxidation sites excluding steroid dienone is 1. The highest BCUT2D eigenvalue weighted by atomic mass is 79.9. The van der Waals surface area contributed by atoms with Crippen molar-refractivity contribution in [3.05, 3.63) is 11.6 Å². The van der Waals surface area contributed by atoms with Gasteiger partial charge in [-0.3, -0.25) is 4.79 Å². The highest BCUT2D eigenvalue weighted by molar-refractivity contribution is 9.10. The summed E-state index contributed by atoms with van der Waals surface area (Å²) in [6, 6.07) is 0. The van der Waals surface area contributed by atoms with E-state index in [9.17, 15) is 4.79 Å². The number of rotatable bonds is 7. The molecule has 5 nitrogen and oxygen atoms in total. The lowest BCUT2D eigenvalue weighted by Crippen LogP contribution is -2.56. The first-order valence-electron chi connectivity index (χ1n) is 13.4. The largest absolute Gasteiger partial charge is 0.460 e. The average Bonchev–Trinajstić information content (AvgIpc) is 3.63. The summed E-state index contributed by atoms with van der Waals surface area (Å²) in [7, 11) is 1.75. The van der Waals surface area contributed by atoms with E-state index in [1.807, 2.05) is 0 Å². The van der Waals surface area contributed by atoms with Crippen LogP contribution in [0.25, 0.3) is 0 Å². The van der Waals surface area contributed by atoms with Gasteiger partial charge < -0.3 is 18.9 Å². The maximum absolute atomic E-state index is 13.4. The summed E-state index contributed by atoms with van der Waals surface area (Å²) >= 11 is 4.08. The summed E-state index contributed by atoms with van der Waals surface area (Å²) < 4.78 is 25.0. The smallest absolute Gasteiger partial charge is 0.306 e. The molecule has 5 aliphatic carbocycles. The molecule has 0 radical (unpaired) electrons. The Balaban J connectivity index is 1.15. The number of epoxide rings is 2. The molecule has 34 heavy (non-hydrogen) atoms. The number of hydrogen-bond acceptors (Lipinski definition) is 5. The van der Waals surface area contributed by atoms with E-state index in [1.165, 1.54) is 37.7 Å². The van der Waals surface area contributed by atoms with Crippen molar-refractivity contribution in [2.45, 2.75) is 119 Å². The molecule has 2 heterocycles. The first-order valence-corrected chi connectivity index (χ1v) is 14.2. The van der Waals surface area contributed by atoms with E-state index in [2.05, 4.69) is 42.8 Å². The van der Waals surface area contributed by atoms with Gasteiger partial charge in [0.15, 0.2) is 0 Å². The van der Waals surface area contributed by atoms with Crippen LogP contribution in [0.4, 0.5) is 0 Å². The van der Waals surface area contributed by atoms with E-state index >= 15 is 0 Å². The zero-order valence-electron chi connectivity index (χ0n) is 21.2. The molecule has 0 aromatic rings. The van der Waals surface area contributed by atoms with Crippen LogP contribution in [0.1, 0.15) is 85.0 Å². The van der Waals surface area contributed by atoms with Gasteiger partial charge in [-0.25, -0.2) is 0 Å². The van der Waals surface area contributed by atoms with Crippen LogP contribution in [-0.2, 0) is 23.7 Å². The van der Waals surface area contributed by atoms with Crippen LogP contribution in [0, 0.1) is 23.2 Å². The zero-order valence-corrected chi connectivity index (χ0v) is 22.8. The number of methoxy groups -OCH3 is 1. The zero-order chi connectivity index (χ0) is 23.9. The number of alkyl halides is 1. The molecule has 1 spiro atoms. The molecule has 6 heteroatoms. The minimum atomic E-state index is -0.295. The summed E-state index contributed by atoms with van der Waals surface area (Å²) in [6.07, 6.45) is 12.6. The maximum Gasteiger partial charge on any atom is 0.306 e. The van der Waals surface area contributed by atoms with Crippen molar-refractivity contribution in [1.29, 1.82) is 0 Å². The van der Waals surface area contributed by atoms with Gasteiger partial charge in [-0.05, 0) is 95.8 Å². The van der Waals surface area contributed by atoms with Gasteiger partial charge in [-0.1, -0.05) is 27.6 Å². The van der Waals surface area contributed by atoms with Crippen molar-refractivity contribution in [3.8, 4) is 0 Å². The highest BCUT2D eigenvalue weighted by Crippen LogP contribution is 2.66. The fourth-order valence-corrected chi connectivity index (χ4v) is 10.6. The Morgan fingerprint density at radius 1 is 1.18 bits per heavy atom. The summed E-state index contributed by atoms with van der Waals surface area (Å²) in [5.74, 6) is 1.60. The number of halogens is 1. The Morgan fingerprint density at radius 3 is 2.47 bits per heavy atom. The minimum absolute atomic E-state index is 0.0283. The van der Waals surface area contributed by atoms with Crippen molar-refractivity contribution in [2.24, 2.45) is 23.2 Å². The number of ether oxygens (including phenoxy) is 4. The Kier molecular flexibility index (Phi) is 5.66. The van der Waals surface area contributed by atoms with Gasteiger partial charge in [-0.2, -0.15) is 0 Å². The lowest BCUT2D eigenvalue weighted by molar-refractivity contribution is -0.177. The molecule has 0 aromatic carbocycles. The van der Waals surface area contributed by atoms with Crippen LogP contribution in [0.2, 0.25) is 0 Å². The lowest BCUT2D eigenvalue weighted by Gasteiger charge is -2.60. The second kappa shape index (κ2) is 8.03. The van der Waals surface area contributed by atoms with E-state index in [-0.39, 0.29) is 51.1 Å². The third kappa shape index (κ3) is 4.03. The van der Waals surface area contributed by atoms with Crippen LogP contribution in [0.3, 0.4) is 0 Å². The molecule has 5 saturated carbocycles. The maximum atomic E-state index is 13.4. The Bertz CT molecular complexity index is 862. The molecule has 0 amide bonds. The summed E-state index contributed by atoms with van der Waals surface area (Å²) in [6.45, 7) is 7.21. The van der Waals surface area contributed by atoms with Gasteiger partial charge in [0, 0.05) is 11.4 Å². The Hall–Kier alpha value is -0.430. The number of carbonyl (C=O) groups is 1. The summed E-state index contributed by atoms with van der Waals surface area (Å²) in [5.41, 5.74) is 0.962. The van der Waals surface area contributed by atoms with E-state index in [4.69, 9.17) is 18.9 Å². The monoisotopic (exact) mass is 536 g/mol. The van der Waals surface area contributed by atoms with Crippen molar-refractivity contribution in [2.75, 3.05) is 13.7 Å². The molecular formula is C28H41BrO5. The SMILES string of the molecule is CO[C@@H]1[C@H](OC(=O)CC23CC4CC(CC(Br)(C4)C2)C3)CC[C@]2(CO2)[C@H]1[C@@]1(C)O[C@@H]1CC=C(C)C. The number of carbonyl (C=O) groups excluding carboxylic acids is 1. The molecule has 8 atom stereocenters. The van der Waals surface area contributed by atoms with Crippen LogP contribution in [0.5, 0.6) is 0 Å².